The molecule has 0 aromatic rings. The van der Waals surface area contributed by atoms with Crippen molar-refractivity contribution in [2.45, 2.75) is 0 Å². The average Bonchev–Trinajstić information content (AvgIpc) is 0.722. The zero-order valence-corrected chi connectivity index (χ0v) is 7.10. The van der Waals surface area contributed by atoms with E-state index in [9.17, 15) is 0 Å². The summed E-state index contributed by atoms with van der Waals surface area (Å²) in [6, 6.07) is 0. The Kier molecular flexibility index (Phi) is 24.0. The maximum atomic E-state index is 8.52. The van der Waals surface area contributed by atoms with E-state index in [4.69, 9.17) is 17.5 Å². The largest absolute Gasteiger partial charge is 2.00 e. The maximum absolute atomic E-state index is 8.52. The van der Waals surface area contributed by atoms with E-state index in [1.807, 2.05) is 0 Å². The van der Waals surface area contributed by atoms with Crippen molar-refractivity contribution in [2.24, 2.45) is 0 Å². The van der Waals surface area contributed by atoms with Crippen LogP contribution in [0.5, 0.6) is 0 Å². The van der Waals surface area contributed by atoms with Crippen LogP contribution in [0.3, 0.4) is 0 Å². The molecule has 1 radical (unpaired) electrons. The third kappa shape index (κ3) is 147. The van der Waals surface area contributed by atoms with Gasteiger partial charge in [-0.25, -0.2) is 0 Å². The number of hydrogen-bond donors (Lipinski definition) is 0. The first-order valence-electron chi connectivity index (χ1n) is 0.667. The first-order valence-corrected chi connectivity index (χ1v) is 2.00. The molecule has 0 N–H and O–H groups in total. The second kappa shape index (κ2) is 8.45. The molecule has 0 aliphatic carbocycles. The molecule has 0 saturated heterocycles. The fraction of sp³-hybridized carbons (Fsp3) is 0. The van der Waals surface area contributed by atoms with Crippen molar-refractivity contribution in [3.63, 3.8) is 0 Å². The van der Waals surface area contributed by atoms with Gasteiger partial charge >= 0.3 is 46.6 Å². The van der Waals surface area contributed by atoms with Crippen molar-refractivity contribution in [1.82, 2.24) is 0 Å². The van der Waals surface area contributed by atoms with E-state index >= 15 is 0 Å². The van der Waals surface area contributed by atoms with Gasteiger partial charge in [-0.05, 0) is 0 Å². The van der Waals surface area contributed by atoms with Gasteiger partial charge in [0.1, 0.15) is 0 Å². The number of rotatable bonds is 0. The third-order valence-electron chi connectivity index (χ3n) is 0. The van der Waals surface area contributed by atoms with Gasteiger partial charge in [-0.15, -0.1) is 0 Å². The van der Waals surface area contributed by atoms with Crippen LogP contribution in [0.1, 0.15) is 0 Å². The van der Waals surface area contributed by atoms with Crippen LogP contribution < -0.4 is 29.6 Å². The molecular formula is H4BCuNaO4S. The zero-order chi connectivity index (χ0) is 4.50. The van der Waals surface area contributed by atoms with E-state index in [1.54, 1.807) is 0 Å². The van der Waals surface area contributed by atoms with E-state index in [0.29, 0.717) is 0 Å². The SMILES string of the molecule is O=S(=O)([O-])[O-].[BH4-].[Cu+2].[Na+]. The Hall–Kier alpha value is 1.45. The Labute approximate surface area is 82.3 Å². The van der Waals surface area contributed by atoms with Gasteiger partial charge in [0.05, 0.1) is 0 Å². The quantitative estimate of drug-likeness (QED) is 0.220. The molecule has 0 heterocycles. The summed E-state index contributed by atoms with van der Waals surface area (Å²) in [5, 5.41) is 0. The van der Waals surface area contributed by atoms with Crippen LogP contribution in [0.15, 0.2) is 0 Å². The van der Waals surface area contributed by atoms with Crippen molar-refractivity contribution in [2.75, 3.05) is 0 Å². The Bertz CT molecular complexity index is 99.2. The normalized spacial score (nSPS) is 7.25. The van der Waals surface area contributed by atoms with Crippen molar-refractivity contribution < 1.29 is 64.1 Å². The third-order valence-corrected chi connectivity index (χ3v) is 0. The molecule has 0 amide bonds. The van der Waals surface area contributed by atoms with Gasteiger partial charge in [0.2, 0.25) is 0 Å². The van der Waals surface area contributed by atoms with E-state index < -0.39 is 10.4 Å². The van der Waals surface area contributed by atoms with E-state index in [-0.39, 0.29) is 55.0 Å². The predicted molar refractivity (Wildman–Crippen MR) is 21.8 cm³/mol. The molecule has 0 aliphatic rings. The van der Waals surface area contributed by atoms with Gasteiger partial charge < -0.3 is 9.11 Å². The van der Waals surface area contributed by atoms with Crippen molar-refractivity contribution >= 4 is 18.8 Å². The summed E-state index contributed by atoms with van der Waals surface area (Å²) in [5.41, 5.74) is 0. The molecule has 8 heteroatoms. The van der Waals surface area contributed by atoms with E-state index in [2.05, 4.69) is 0 Å². The van der Waals surface area contributed by atoms with Crippen LogP contribution in [0.25, 0.3) is 0 Å². The van der Waals surface area contributed by atoms with Gasteiger partial charge in [0.25, 0.3) is 0 Å². The van der Waals surface area contributed by atoms with Gasteiger partial charge in [-0.3, -0.25) is 8.42 Å². The first-order chi connectivity index (χ1) is 2.00. The smallest absolute Gasteiger partial charge is 0.759 e. The molecule has 0 bridgehead atoms. The summed E-state index contributed by atoms with van der Waals surface area (Å²) in [6.45, 7) is 0. The zero-order valence-electron chi connectivity index (χ0n) is 3.34. The summed E-state index contributed by atoms with van der Waals surface area (Å²) in [4.78, 5) is 0. The predicted octanol–water partition coefficient (Wildman–Crippen LogP) is -5.79. The summed E-state index contributed by atoms with van der Waals surface area (Å²) in [5.74, 6) is 0. The molecule has 0 aliphatic heterocycles. The molecule has 0 unspecified atom stereocenters. The van der Waals surface area contributed by atoms with Crippen molar-refractivity contribution in [3.05, 3.63) is 0 Å². The standard InChI is InChI=1S/BH4.Cu.Na.H2O4S/c;;;1-5(2,3)4/h1H4;;;(H2,1,2,3,4)/q-1;+2;+1;/p-2. The molecule has 49 valence electrons. The van der Waals surface area contributed by atoms with Crippen LogP contribution in [-0.2, 0) is 27.5 Å². The molecule has 0 atom stereocenters. The molecule has 4 nitrogen and oxygen atoms in total. The molecular weight excluding hydrogens is 193 g/mol. The molecule has 0 saturated carbocycles. The van der Waals surface area contributed by atoms with Crippen molar-refractivity contribution in [3.8, 4) is 0 Å². The Morgan fingerprint density at radius 3 is 1.12 bits per heavy atom. The summed E-state index contributed by atoms with van der Waals surface area (Å²) >= 11 is 0. The molecule has 0 spiro atoms. The van der Waals surface area contributed by atoms with Crippen LogP contribution >= 0.6 is 0 Å². The van der Waals surface area contributed by atoms with Gasteiger partial charge in [0, 0.05) is 10.4 Å². The minimum absolute atomic E-state index is 0. The molecule has 0 fully saturated rings. The Morgan fingerprint density at radius 2 is 1.12 bits per heavy atom. The fourth-order valence-corrected chi connectivity index (χ4v) is 0. The minimum Gasteiger partial charge on any atom is -0.759 e. The van der Waals surface area contributed by atoms with Crippen LogP contribution in [0.2, 0.25) is 0 Å². The molecule has 0 rings (SSSR count). The van der Waals surface area contributed by atoms with E-state index in [0.717, 1.165) is 0 Å². The van der Waals surface area contributed by atoms with Crippen molar-refractivity contribution in [1.29, 1.82) is 0 Å². The van der Waals surface area contributed by atoms with Gasteiger partial charge in [-0.1, -0.05) is 8.41 Å². The van der Waals surface area contributed by atoms with E-state index in [1.165, 1.54) is 0 Å². The molecule has 8 heavy (non-hydrogen) atoms. The first kappa shape index (κ1) is 22.7. The second-order valence-corrected chi connectivity index (χ2v) is 1.22. The Balaban J connectivity index is -0.0000000267. The van der Waals surface area contributed by atoms with Gasteiger partial charge in [0.15, 0.2) is 0 Å². The monoisotopic (exact) mass is 197 g/mol. The molecule has 0 aromatic heterocycles. The second-order valence-electron chi connectivity index (χ2n) is 0.408. The average molecular weight is 197 g/mol. The topological polar surface area (TPSA) is 80.3 Å². The summed E-state index contributed by atoms with van der Waals surface area (Å²) in [7, 11) is -5.17. The summed E-state index contributed by atoms with van der Waals surface area (Å²) in [6.07, 6.45) is 0. The van der Waals surface area contributed by atoms with Crippen LogP contribution in [-0.4, -0.2) is 25.9 Å². The number of hydrogen-bond acceptors (Lipinski definition) is 4. The minimum atomic E-state index is -5.17. The van der Waals surface area contributed by atoms with Gasteiger partial charge in [-0.2, -0.15) is 0 Å². The van der Waals surface area contributed by atoms with Crippen LogP contribution in [0.4, 0.5) is 0 Å². The Morgan fingerprint density at radius 1 is 1.12 bits per heavy atom. The summed E-state index contributed by atoms with van der Waals surface area (Å²) < 4.78 is 34.1. The van der Waals surface area contributed by atoms with Crippen LogP contribution in [0, 0.1) is 0 Å². The fourth-order valence-electron chi connectivity index (χ4n) is 0. The maximum Gasteiger partial charge on any atom is 2.00 e. The molecule has 0 aromatic carbocycles.